The molecule has 2 heteroatoms. The number of fused-ring (bicyclic) bond motifs is 1. The number of pyridine rings is 1. The molecule has 2 nitrogen and oxygen atoms in total. The summed E-state index contributed by atoms with van der Waals surface area (Å²) in [6, 6.07) is 12.2. The Bertz CT molecular complexity index is 509. The first-order valence-electron chi connectivity index (χ1n) is 6.02. The van der Waals surface area contributed by atoms with Crippen LogP contribution in [0, 0.1) is 0 Å². The molecule has 0 fully saturated rings. The lowest BCUT2D eigenvalue weighted by Gasteiger charge is -2.30. The molecule has 2 aromatic rings. The number of aliphatic hydroxyl groups is 1. The smallest absolute Gasteiger partial charge is 0.0861 e. The first kappa shape index (κ1) is 10.5. The van der Waals surface area contributed by atoms with Crippen molar-refractivity contribution >= 4 is 0 Å². The van der Waals surface area contributed by atoms with Crippen LogP contribution in [-0.4, -0.2) is 10.1 Å². The molecule has 0 saturated heterocycles. The van der Waals surface area contributed by atoms with Crippen LogP contribution in [0.25, 0.3) is 0 Å². The molecule has 0 unspecified atom stereocenters. The molecule has 3 rings (SSSR count). The summed E-state index contributed by atoms with van der Waals surface area (Å²) in [5, 5.41) is 10.4. The number of benzene rings is 1. The number of hydrogen-bond donors (Lipinski definition) is 1. The largest absolute Gasteiger partial charge is 0.388 e. The van der Waals surface area contributed by atoms with Gasteiger partial charge >= 0.3 is 0 Å². The molecule has 86 valence electrons. The Kier molecular flexibility index (Phi) is 2.65. The molecule has 1 aromatic carbocycles. The van der Waals surface area contributed by atoms with Crippen LogP contribution in [0.5, 0.6) is 0 Å². The van der Waals surface area contributed by atoms with Crippen molar-refractivity contribution in [2.24, 2.45) is 0 Å². The van der Waals surface area contributed by atoms with Crippen LogP contribution < -0.4 is 0 Å². The summed E-state index contributed by atoms with van der Waals surface area (Å²) in [6.07, 6.45) is 5.26. The molecular weight excluding hydrogens is 210 g/mol. The van der Waals surface area contributed by atoms with Crippen molar-refractivity contribution in [1.29, 1.82) is 0 Å². The Hall–Kier alpha value is -1.67. The van der Waals surface area contributed by atoms with E-state index in [0.29, 0.717) is 0 Å². The van der Waals surface area contributed by atoms with Crippen LogP contribution in [0.15, 0.2) is 48.8 Å². The highest BCUT2D eigenvalue weighted by Gasteiger charge is 2.28. The van der Waals surface area contributed by atoms with Gasteiger partial charge in [0.25, 0.3) is 0 Å². The Balaban J connectivity index is 1.97. The zero-order chi connectivity index (χ0) is 11.7. The molecule has 0 spiro atoms. The average molecular weight is 225 g/mol. The van der Waals surface area contributed by atoms with Crippen LogP contribution >= 0.6 is 0 Å². The van der Waals surface area contributed by atoms with E-state index < -0.39 is 6.10 Å². The van der Waals surface area contributed by atoms with Crippen molar-refractivity contribution in [2.45, 2.75) is 24.9 Å². The van der Waals surface area contributed by atoms with Crippen LogP contribution in [0.2, 0.25) is 0 Å². The minimum Gasteiger partial charge on any atom is -0.388 e. The number of aryl methyl sites for hydroxylation is 1. The van der Waals surface area contributed by atoms with Gasteiger partial charge in [0.2, 0.25) is 0 Å². The van der Waals surface area contributed by atoms with E-state index in [-0.39, 0.29) is 5.92 Å². The highest BCUT2D eigenvalue weighted by atomic mass is 16.3. The zero-order valence-corrected chi connectivity index (χ0v) is 9.58. The van der Waals surface area contributed by atoms with E-state index in [1.807, 2.05) is 30.5 Å². The van der Waals surface area contributed by atoms with Gasteiger partial charge < -0.3 is 5.11 Å². The molecule has 0 amide bonds. The number of rotatable bonds is 1. The number of aromatic nitrogens is 1. The molecule has 1 aromatic heterocycles. The van der Waals surface area contributed by atoms with Crippen LogP contribution in [-0.2, 0) is 6.42 Å². The normalized spacial score (nSPS) is 23.1. The first-order valence-corrected chi connectivity index (χ1v) is 6.02. The second-order valence-corrected chi connectivity index (χ2v) is 4.58. The first-order chi connectivity index (χ1) is 8.36. The number of nitrogens with zero attached hydrogens (tertiary/aromatic N) is 1. The molecule has 0 aliphatic heterocycles. The van der Waals surface area contributed by atoms with Crippen molar-refractivity contribution in [3.05, 3.63) is 65.5 Å². The maximum Gasteiger partial charge on any atom is 0.0861 e. The third-order valence-corrected chi connectivity index (χ3v) is 3.59. The molecule has 1 aliphatic carbocycles. The summed E-state index contributed by atoms with van der Waals surface area (Å²) in [5.41, 5.74) is 3.49. The molecule has 2 atom stereocenters. The fraction of sp³-hybridized carbons (Fsp3) is 0.267. The summed E-state index contributed by atoms with van der Waals surface area (Å²) >= 11 is 0. The van der Waals surface area contributed by atoms with E-state index in [9.17, 15) is 5.11 Å². The Morgan fingerprint density at radius 1 is 1.12 bits per heavy atom. The third-order valence-electron chi connectivity index (χ3n) is 3.59. The lowest BCUT2D eigenvalue weighted by molar-refractivity contribution is 0.131. The third kappa shape index (κ3) is 1.85. The second kappa shape index (κ2) is 4.30. The molecule has 0 saturated carbocycles. The van der Waals surface area contributed by atoms with Crippen molar-refractivity contribution in [3.8, 4) is 0 Å². The van der Waals surface area contributed by atoms with E-state index in [0.717, 1.165) is 24.0 Å². The van der Waals surface area contributed by atoms with Crippen molar-refractivity contribution < 1.29 is 5.11 Å². The highest BCUT2D eigenvalue weighted by molar-refractivity contribution is 5.35. The van der Waals surface area contributed by atoms with Gasteiger partial charge in [-0.25, -0.2) is 0 Å². The minimum absolute atomic E-state index is 0.179. The Morgan fingerprint density at radius 2 is 2.00 bits per heavy atom. The Labute approximate surface area is 101 Å². The van der Waals surface area contributed by atoms with Crippen LogP contribution in [0.3, 0.4) is 0 Å². The van der Waals surface area contributed by atoms with E-state index in [1.54, 1.807) is 6.20 Å². The van der Waals surface area contributed by atoms with Gasteiger partial charge in [0.05, 0.1) is 6.10 Å². The molecule has 17 heavy (non-hydrogen) atoms. The number of aliphatic hydroxyl groups excluding tert-OH is 1. The lowest BCUT2D eigenvalue weighted by Crippen LogP contribution is -2.18. The topological polar surface area (TPSA) is 33.1 Å². The average Bonchev–Trinajstić information content (AvgIpc) is 2.40. The summed E-state index contributed by atoms with van der Waals surface area (Å²) in [4.78, 5) is 4.14. The summed E-state index contributed by atoms with van der Waals surface area (Å²) in [7, 11) is 0. The van der Waals surface area contributed by atoms with Gasteiger partial charge in [-0.15, -0.1) is 0 Å². The van der Waals surface area contributed by atoms with Crippen molar-refractivity contribution in [1.82, 2.24) is 4.98 Å². The van der Waals surface area contributed by atoms with Gasteiger partial charge in [0.15, 0.2) is 0 Å². The lowest BCUT2D eigenvalue weighted by atomic mass is 9.78. The zero-order valence-electron chi connectivity index (χ0n) is 9.58. The van der Waals surface area contributed by atoms with Gasteiger partial charge in [-0.1, -0.05) is 30.3 Å². The van der Waals surface area contributed by atoms with Crippen molar-refractivity contribution in [2.75, 3.05) is 0 Å². The predicted molar refractivity (Wildman–Crippen MR) is 66.7 cm³/mol. The number of hydrogen-bond acceptors (Lipinski definition) is 2. The summed E-state index contributed by atoms with van der Waals surface area (Å²) in [6.45, 7) is 0. The predicted octanol–water partition coefficient (Wildman–Crippen LogP) is 2.85. The fourth-order valence-corrected chi connectivity index (χ4v) is 2.68. The van der Waals surface area contributed by atoms with Crippen LogP contribution in [0.1, 0.15) is 35.1 Å². The van der Waals surface area contributed by atoms with Gasteiger partial charge in [-0.3, -0.25) is 4.98 Å². The SMILES string of the molecule is O[C@@H]1c2ccccc2CC[C@@H]1c1cccnc1. The van der Waals surface area contributed by atoms with E-state index in [2.05, 4.69) is 17.1 Å². The molecule has 0 radical (unpaired) electrons. The molecule has 0 bridgehead atoms. The van der Waals surface area contributed by atoms with Crippen molar-refractivity contribution in [3.63, 3.8) is 0 Å². The standard InChI is InChI=1S/C15H15NO/c17-15-13-6-2-1-4-11(13)7-8-14(15)12-5-3-9-16-10-12/h1-6,9-10,14-15,17H,7-8H2/t14-,15-/m1/s1. The summed E-state index contributed by atoms with van der Waals surface area (Å²) in [5.74, 6) is 0.179. The molecule has 1 heterocycles. The van der Waals surface area contributed by atoms with Gasteiger partial charge in [0, 0.05) is 18.3 Å². The second-order valence-electron chi connectivity index (χ2n) is 4.58. The van der Waals surface area contributed by atoms with Gasteiger partial charge in [-0.2, -0.15) is 0 Å². The van der Waals surface area contributed by atoms with Gasteiger partial charge in [-0.05, 0) is 35.6 Å². The Morgan fingerprint density at radius 3 is 2.82 bits per heavy atom. The van der Waals surface area contributed by atoms with E-state index in [4.69, 9.17) is 0 Å². The molecular formula is C15H15NO. The monoisotopic (exact) mass is 225 g/mol. The van der Waals surface area contributed by atoms with Gasteiger partial charge in [0.1, 0.15) is 0 Å². The molecule has 1 N–H and O–H groups in total. The van der Waals surface area contributed by atoms with E-state index >= 15 is 0 Å². The quantitative estimate of drug-likeness (QED) is 0.809. The van der Waals surface area contributed by atoms with E-state index in [1.165, 1.54) is 5.56 Å². The maximum absolute atomic E-state index is 10.4. The highest BCUT2D eigenvalue weighted by Crippen LogP contribution is 2.40. The fourth-order valence-electron chi connectivity index (χ4n) is 2.68. The summed E-state index contributed by atoms with van der Waals surface area (Å²) < 4.78 is 0. The van der Waals surface area contributed by atoms with Crippen LogP contribution in [0.4, 0.5) is 0 Å². The maximum atomic E-state index is 10.4. The minimum atomic E-state index is -0.399. The molecule has 1 aliphatic rings.